The second-order valence-corrected chi connectivity index (χ2v) is 6.91. The highest BCUT2D eigenvalue weighted by Gasteiger charge is 2.17. The van der Waals surface area contributed by atoms with Gasteiger partial charge in [0.1, 0.15) is 5.01 Å². The van der Waals surface area contributed by atoms with E-state index < -0.39 is 10.8 Å². The zero-order chi connectivity index (χ0) is 11.5. The molecule has 0 aliphatic carbocycles. The fourth-order valence-electron chi connectivity index (χ4n) is 1.03. The zero-order valence-corrected chi connectivity index (χ0v) is 11.0. The predicted octanol–water partition coefficient (Wildman–Crippen LogP) is 1.68. The first-order chi connectivity index (χ1) is 6.93. The molecule has 15 heavy (non-hydrogen) atoms. The Balaban J connectivity index is 2.65. The predicted molar refractivity (Wildman–Crippen MR) is 64.6 cm³/mol. The van der Waals surface area contributed by atoms with E-state index in [1.54, 1.807) is 11.3 Å². The molecule has 0 amide bonds. The van der Waals surface area contributed by atoms with E-state index in [1.165, 1.54) is 0 Å². The average Bonchev–Trinajstić information content (AvgIpc) is 2.52. The van der Waals surface area contributed by atoms with Gasteiger partial charge in [0.05, 0.1) is 18.1 Å². The fraction of sp³-hybridized carbons (Fsp3) is 0.700. The van der Waals surface area contributed by atoms with E-state index in [9.17, 15) is 4.21 Å². The summed E-state index contributed by atoms with van der Waals surface area (Å²) in [6.07, 6.45) is 0. The van der Waals surface area contributed by atoms with Crippen LogP contribution in [0.1, 0.15) is 31.5 Å². The van der Waals surface area contributed by atoms with Crippen LogP contribution in [0.15, 0.2) is 5.38 Å². The van der Waals surface area contributed by atoms with Gasteiger partial charge in [-0.2, -0.15) is 0 Å². The molecule has 1 heterocycles. The minimum atomic E-state index is -0.987. The maximum absolute atomic E-state index is 11.4. The van der Waals surface area contributed by atoms with Crippen molar-refractivity contribution in [3.8, 4) is 0 Å². The van der Waals surface area contributed by atoms with E-state index in [0.717, 1.165) is 10.7 Å². The van der Waals surface area contributed by atoms with Gasteiger partial charge in [0.15, 0.2) is 0 Å². The van der Waals surface area contributed by atoms with Crippen molar-refractivity contribution in [2.24, 2.45) is 0 Å². The first-order valence-electron chi connectivity index (χ1n) is 4.84. The molecule has 1 aromatic heterocycles. The Morgan fingerprint density at radius 1 is 1.53 bits per heavy atom. The lowest BCUT2D eigenvalue weighted by molar-refractivity contribution is 0.321. The lowest BCUT2D eigenvalue weighted by Crippen LogP contribution is -2.12. The van der Waals surface area contributed by atoms with Crippen LogP contribution in [0.5, 0.6) is 0 Å². The average molecular weight is 247 g/mol. The summed E-state index contributed by atoms with van der Waals surface area (Å²) in [5.74, 6) is 0.797. The van der Waals surface area contributed by atoms with E-state index in [4.69, 9.17) is 5.11 Å². The van der Waals surface area contributed by atoms with E-state index in [-0.39, 0.29) is 12.0 Å². The highest BCUT2D eigenvalue weighted by atomic mass is 32.2. The Kier molecular flexibility index (Phi) is 4.43. The van der Waals surface area contributed by atoms with Crippen LogP contribution in [-0.2, 0) is 22.0 Å². The Bertz CT molecular complexity index is 341. The highest BCUT2D eigenvalue weighted by Crippen LogP contribution is 2.24. The number of hydrogen-bond donors (Lipinski definition) is 1. The van der Waals surface area contributed by atoms with Gasteiger partial charge in [-0.3, -0.25) is 4.21 Å². The van der Waals surface area contributed by atoms with Crippen LogP contribution < -0.4 is 0 Å². The molecule has 0 spiro atoms. The summed E-state index contributed by atoms with van der Waals surface area (Å²) in [4.78, 5) is 4.45. The lowest BCUT2D eigenvalue weighted by atomic mass is 9.93. The van der Waals surface area contributed by atoms with Gasteiger partial charge in [0.2, 0.25) is 0 Å². The molecule has 0 radical (unpaired) electrons. The van der Waals surface area contributed by atoms with Gasteiger partial charge in [0.25, 0.3) is 0 Å². The minimum absolute atomic E-state index is 0.0237. The fourth-order valence-corrected chi connectivity index (χ4v) is 3.19. The maximum atomic E-state index is 11.4. The summed E-state index contributed by atoms with van der Waals surface area (Å²) in [5, 5.41) is 11.6. The van der Waals surface area contributed by atoms with Crippen molar-refractivity contribution in [2.75, 3.05) is 12.4 Å². The largest absolute Gasteiger partial charge is 0.395 e. The Hall–Kier alpha value is -0.260. The summed E-state index contributed by atoms with van der Waals surface area (Å²) in [7, 11) is -0.987. The maximum Gasteiger partial charge on any atom is 0.105 e. The van der Waals surface area contributed by atoms with Gasteiger partial charge >= 0.3 is 0 Å². The topological polar surface area (TPSA) is 50.2 Å². The van der Waals surface area contributed by atoms with Crippen molar-refractivity contribution in [1.82, 2.24) is 4.98 Å². The summed E-state index contributed by atoms with van der Waals surface area (Å²) < 4.78 is 11.4. The van der Waals surface area contributed by atoms with E-state index in [2.05, 4.69) is 25.8 Å². The summed E-state index contributed by atoms with van der Waals surface area (Å²) >= 11 is 1.54. The number of aliphatic hydroxyl groups excluding tert-OH is 1. The van der Waals surface area contributed by atoms with Crippen LogP contribution in [0.3, 0.4) is 0 Å². The van der Waals surface area contributed by atoms with Crippen LogP contribution in [0.4, 0.5) is 0 Å². The summed E-state index contributed by atoms with van der Waals surface area (Å²) in [6.45, 7) is 6.30. The number of rotatable bonds is 4. The highest BCUT2D eigenvalue weighted by molar-refractivity contribution is 7.84. The molecule has 0 aromatic carbocycles. The zero-order valence-electron chi connectivity index (χ0n) is 9.32. The molecule has 1 N–H and O–H groups in total. The monoisotopic (exact) mass is 247 g/mol. The van der Waals surface area contributed by atoms with Crippen LogP contribution >= 0.6 is 11.3 Å². The standard InChI is InChI=1S/C10H17NO2S2/c1-10(2,3)8-6-14-9(11-8)7-15(13)5-4-12/h6,12H,4-5,7H2,1-3H3. The molecule has 0 bridgehead atoms. The molecule has 86 valence electrons. The third-order valence-electron chi connectivity index (χ3n) is 1.92. The summed E-state index contributed by atoms with van der Waals surface area (Å²) in [6, 6.07) is 0. The Morgan fingerprint density at radius 3 is 2.67 bits per heavy atom. The van der Waals surface area contributed by atoms with Crippen molar-refractivity contribution in [3.05, 3.63) is 16.1 Å². The molecule has 0 aliphatic rings. The Morgan fingerprint density at radius 2 is 2.20 bits per heavy atom. The van der Waals surface area contributed by atoms with Crippen LogP contribution in [0, 0.1) is 0 Å². The van der Waals surface area contributed by atoms with Gasteiger partial charge in [-0.05, 0) is 0 Å². The quantitative estimate of drug-likeness (QED) is 0.880. The lowest BCUT2D eigenvalue weighted by Gasteiger charge is -2.14. The molecule has 0 aliphatic heterocycles. The minimum Gasteiger partial charge on any atom is -0.395 e. The van der Waals surface area contributed by atoms with Crippen LogP contribution in [-0.4, -0.2) is 26.7 Å². The van der Waals surface area contributed by atoms with Crippen molar-refractivity contribution < 1.29 is 9.32 Å². The van der Waals surface area contributed by atoms with Crippen LogP contribution in [0.25, 0.3) is 0 Å². The molecule has 0 saturated heterocycles. The van der Waals surface area contributed by atoms with Gasteiger partial charge < -0.3 is 5.11 Å². The van der Waals surface area contributed by atoms with Crippen molar-refractivity contribution in [3.63, 3.8) is 0 Å². The first-order valence-corrected chi connectivity index (χ1v) is 7.21. The van der Waals surface area contributed by atoms with Crippen molar-refractivity contribution in [1.29, 1.82) is 0 Å². The molecule has 5 heteroatoms. The van der Waals surface area contributed by atoms with Gasteiger partial charge in [-0.1, -0.05) is 20.8 Å². The van der Waals surface area contributed by atoms with E-state index in [1.807, 2.05) is 5.38 Å². The molecule has 0 saturated carbocycles. The van der Waals surface area contributed by atoms with Crippen LogP contribution in [0.2, 0.25) is 0 Å². The molecule has 1 unspecified atom stereocenters. The van der Waals surface area contributed by atoms with Crippen molar-refractivity contribution in [2.45, 2.75) is 31.9 Å². The van der Waals surface area contributed by atoms with Gasteiger partial charge in [-0.25, -0.2) is 4.98 Å². The second kappa shape index (κ2) is 5.18. The number of hydrogen-bond acceptors (Lipinski definition) is 4. The Labute approximate surface area is 97.0 Å². The molecule has 1 aromatic rings. The molecule has 1 atom stereocenters. The molecule has 1 rings (SSSR count). The molecular formula is C10H17NO2S2. The number of nitrogens with zero attached hydrogens (tertiary/aromatic N) is 1. The smallest absolute Gasteiger partial charge is 0.105 e. The van der Waals surface area contributed by atoms with Gasteiger partial charge in [0, 0.05) is 27.3 Å². The molecule has 3 nitrogen and oxygen atoms in total. The number of aliphatic hydroxyl groups is 1. The second-order valence-electron chi connectivity index (χ2n) is 4.39. The van der Waals surface area contributed by atoms with E-state index in [0.29, 0.717) is 11.5 Å². The summed E-state index contributed by atoms with van der Waals surface area (Å²) in [5.41, 5.74) is 1.09. The first kappa shape index (κ1) is 12.8. The molecule has 0 fully saturated rings. The van der Waals surface area contributed by atoms with Gasteiger partial charge in [-0.15, -0.1) is 11.3 Å². The number of aromatic nitrogens is 1. The third kappa shape index (κ3) is 4.01. The SMILES string of the molecule is CC(C)(C)c1csc(CS(=O)CCO)n1. The molecular weight excluding hydrogens is 230 g/mol. The third-order valence-corrected chi connectivity index (χ3v) is 4.19. The van der Waals surface area contributed by atoms with Crippen molar-refractivity contribution >= 4 is 22.1 Å². The normalized spacial score (nSPS) is 14.1. The number of thiazole rings is 1. The van der Waals surface area contributed by atoms with E-state index >= 15 is 0 Å².